The van der Waals surface area contributed by atoms with Crippen LogP contribution in [-0.2, 0) is 6.54 Å². The molecule has 0 aliphatic rings. The molecule has 0 saturated heterocycles. The summed E-state index contributed by atoms with van der Waals surface area (Å²) in [4.78, 5) is 0. The number of nitrogens with one attached hydrogen (secondary N) is 1. The van der Waals surface area contributed by atoms with E-state index in [1.807, 2.05) is 30.3 Å². The van der Waals surface area contributed by atoms with Gasteiger partial charge in [-0.3, -0.25) is 5.32 Å². The van der Waals surface area contributed by atoms with Gasteiger partial charge in [0.1, 0.15) is 5.75 Å². The zero-order valence-corrected chi connectivity index (χ0v) is 11.2. The van der Waals surface area contributed by atoms with Crippen LogP contribution in [0.3, 0.4) is 0 Å². The van der Waals surface area contributed by atoms with E-state index in [4.69, 9.17) is 6.42 Å². The Morgan fingerprint density at radius 1 is 1.26 bits per heavy atom. The van der Waals surface area contributed by atoms with Gasteiger partial charge in [-0.05, 0) is 23.3 Å². The fourth-order valence-electron chi connectivity index (χ4n) is 2.27. The highest BCUT2D eigenvalue weighted by Crippen LogP contribution is 2.26. The maximum absolute atomic E-state index is 10.0. The van der Waals surface area contributed by atoms with Crippen molar-refractivity contribution in [2.24, 2.45) is 0 Å². The molecule has 2 heteroatoms. The second-order valence-corrected chi connectivity index (χ2v) is 4.67. The first-order valence-corrected chi connectivity index (χ1v) is 6.65. The van der Waals surface area contributed by atoms with Gasteiger partial charge in [0.05, 0.1) is 6.04 Å². The number of benzene rings is 2. The smallest absolute Gasteiger partial charge is 0.120 e. The number of phenols is 1. The molecule has 0 spiro atoms. The number of terminal acetylenes is 1. The molecule has 0 fully saturated rings. The molecule has 0 aromatic heterocycles. The molecule has 1 atom stereocenters. The van der Waals surface area contributed by atoms with Crippen molar-refractivity contribution in [3.8, 4) is 18.1 Å². The summed E-state index contributed by atoms with van der Waals surface area (Å²) in [7, 11) is 0. The summed E-state index contributed by atoms with van der Waals surface area (Å²) in [5.74, 6) is 3.07. The van der Waals surface area contributed by atoms with Gasteiger partial charge in [0.25, 0.3) is 0 Å². The average molecular weight is 253 g/mol. The van der Waals surface area contributed by atoms with Gasteiger partial charge in [-0.2, -0.15) is 0 Å². The minimum absolute atomic E-state index is 0.0587. The Kier molecular flexibility index (Phi) is 4.43. The molecule has 2 aromatic carbocycles. The minimum atomic E-state index is 0.0587. The molecular weight excluding hydrogens is 234 g/mol. The monoisotopic (exact) mass is 253 g/mol. The van der Waals surface area contributed by atoms with Crippen LogP contribution in [-0.4, -0.2) is 11.1 Å². The van der Waals surface area contributed by atoms with Gasteiger partial charge in [0, 0.05) is 12.1 Å². The first kappa shape index (κ1) is 13.5. The third-order valence-corrected chi connectivity index (χ3v) is 3.32. The van der Waals surface area contributed by atoms with Gasteiger partial charge < -0.3 is 5.11 Å². The predicted molar refractivity (Wildman–Crippen MR) is 80.0 cm³/mol. The normalized spacial score (nSPS) is 12.2. The van der Waals surface area contributed by atoms with Crippen LogP contribution in [0.1, 0.15) is 25.3 Å². The molecule has 0 bridgehead atoms. The highest BCUT2D eigenvalue weighted by molar-refractivity contribution is 5.87. The third kappa shape index (κ3) is 3.07. The molecular formula is C17H19NO. The first-order chi connectivity index (χ1) is 9.26. The highest BCUT2D eigenvalue weighted by atomic mass is 16.3. The summed E-state index contributed by atoms with van der Waals surface area (Å²) in [6.45, 7) is 2.70. The lowest BCUT2D eigenvalue weighted by molar-refractivity contribution is 0.462. The largest absolute Gasteiger partial charge is 0.508 e. The van der Waals surface area contributed by atoms with Gasteiger partial charge >= 0.3 is 0 Å². The van der Waals surface area contributed by atoms with Crippen molar-refractivity contribution >= 4 is 10.8 Å². The highest BCUT2D eigenvalue weighted by Gasteiger charge is 2.09. The van der Waals surface area contributed by atoms with Crippen molar-refractivity contribution in [3.63, 3.8) is 0 Å². The van der Waals surface area contributed by atoms with E-state index in [9.17, 15) is 5.11 Å². The topological polar surface area (TPSA) is 32.3 Å². The lowest BCUT2D eigenvalue weighted by atomic mass is 10.0. The fraction of sp³-hybridized carbons (Fsp3) is 0.294. The molecule has 0 amide bonds. The maximum atomic E-state index is 10.0. The number of rotatable bonds is 5. The number of hydrogen-bond donors (Lipinski definition) is 2. The summed E-state index contributed by atoms with van der Waals surface area (Å²) in [6.07, 6.45) is 7.49. The molecule has 1 unspecified atom stereocenters. The van der Waals surface area contributed by atoms with Crippen LogP contribution in [0.4, 0.5) is 0 Å². The Balaban J connectivity index is 2.25. The van der Waals surface area contributed by atoms with Crippen LogP contribution in [0.2, 0.25) is 0 Å². The van der Waals surface area contributed by atoms with Gasteiger partial charge in [-0.25, -0.2) is 0 Å². The van der Waals surface area contributed by atoms with Crippen molar-refractivity contribution in [2.45, 2.75) is 32.4 Å². The summed E-state index contributed by atoms with van der Waals surface area (Å²) in [6, 6.07) is 11.8. The molecule has 2 nitrogen and oxygen atoms in total. The van der Waals surface area contributed by atoms with Crippen molar-refractivity contribution in [1.82, 2.24) is 5.32 Å². The summed E-state index contributed by atoms with van der Waals surface area (Å²) in [5.41, 5.74) is 0.912. The van der Waals surface area contributed by atoms with E-state index in [1.54, 1.807) is 6.07 Å². The van der Waals surface area contributed by atoms with Crippen LogP contribution < -0.4 is 5.32 Å². The fourth-order valence-corrected chi connectivity index (χ4v) is 2.27. The van der Waals surface area contributed by atoms with Gasteiger partial charge in [-0.15, -0.1) is 6.42 Å². The van der Waals surface area contributed by atoms with E-state index in [1.165, 1.54) is 0 Å². The van der Waals surface area contributed by atoms with Gasteiger partial charge in [0.2, 0.25) is 0 Å². The number of fused-ring (bicyclic) bond motifs is 1. The van der Waals surface area contributed by atoms with Crippen LogP contribution >= 0.6 is 0 Å². The zero-order valence-electron chi connectivity index (χ0n) is 11.2. The molecule has 2 N–H and O–H groups in total. The lowest BCUT2D eigenvalue weighted by Crippen LogP contribution is -2.26. The Hall–Kier alpha value is -1.98. The van der Waals surface area contributed by atoms with E-state index in [-0.39, 0.29) is 6.04 Å². The first-order valence-electron chi connectivity index (χ1n) is 6.65. The molecule has 0 saturated carbocycles. The molecule has 0 heterocycles. The molecule has 19 heavy (non-hydrogen) atoms. The Morgan fingerprint density at radius 2 is 2.05 bits per heavy atom. The summed E-state index contributed by atoms with van der Waals surface area (Å²) >= 11 is 0. The number of aromatic hydroxyl groups is 1. The van der Waals surface area contributed by atoms with Crippen molar-refractivity contribution in [2.75, 3.05) is 0 Å². The van der Waals surface area contributed by atoms with E-state index in [2.05, 4.69) is 18.2 Å². The van der Waals surface area contributed by atoms with Crippen LogP contribution in [0.15, 0.2) is 36.4 Å². The van der Waals surface area contributed by atoms with E-state index < -0.39 is 0 Å². The second kappa shape index (κ2) is 6.26. The van der Waals surface area contributed by atoms with Crippen LogP contribution in [0.5, 0.6) is 5.75 Å². The Labute approximate surface area is 114 Å². The third-order valence-electron chi connectivity index (χ3n) is 3.32. The molecule has 0 aliphatic heterocycles. The lowest BCUT2D eigenvalue weighted by Gasteiger charge is -2.14. The molecule has 2 rings (SSSR count). The standard InChI is InChI=1S/C17H19NO/c1-3-7-14(4-2)18-12-16-15-9-6-5-8-13(15)10-11-17(16)19/h2,5-6,8-11,14,18-19H,3,7,12H2,1H3. The number of phenolic OH excluding ortho intramolecular Hbond substituents is 1. The predicted octanol–water partition coefficient (Wildman–Crippen LogP) is 3.44. The van der Waals surface area contributed by atoms with Crippen molar-refractivity contribution < 1.29 is 5.11 Å². The SMILES string of the molecule is C#CC(CCC)NCc1c(O)ccc2ccccc12. The van der Waals surface area contributed by atoms with Gasteiger partial charge in [0.15, 0.2) is 0 Å². The molecule has 98 valence electrons. The van der Waals surface area contributed by atoms with E-state index in [0.29, 0.717) is 12.3 Å². The molecule has 0 aliphatic carbocycles. The van der Waals surface area contributed by atoms with Crippen LogP contribution in [0, 0.1) is 12.3 Å². The summed E-state index contributed by atoms with van der Waals surface area (Å²) in [5, 5.41) is 15.6. The zero-order chi connectivity index (χ0) is 13.7. The Bertz CT molecular complexity index is 598. The number of hydrogen-bond acceptors (Lipinski definition) is 2. The minimum Gasteiger partial charge on any atom is -0.508 e. The second-order valence-electron chi connectivity index (χ2n) is 4.67. The Morgan fingerprint density at radius 3 is 2.79 bits per heavy atom. The molecule has 2 aromatic rings. The quantitative estimate of drug-likeness (QED) is 0.800. The van der Waals surface area contributed by atoms with E-state index >= 15 is 0 Å². The van der Waals surface area contributed by atoms with Crippen molar-refractivity contribution in [1.29, 1.82) is 0 Å². The van der Waals surface area contributed by atoms with Gasteiger partial charge in [-0.1, -0.05) is 49.6 Å². The van der Waals surface area contributed by atoms with Crippen molar-refractivity contribution in [3.05, 3.63) is 42.0 Å². The average Bonchev–Trinajstić information content (AvgIpc) is 2.45. The van der Waals surface area contributed by atoms with Crippen LogP contribution in [0.25, 0.3) is 10.8 Å². The van der Waals surface area contributed by atoms with E-state index in [0.717, 1.165) is 29.2 Å². The maximum Gasteiger partial charge on any atom is 0.120 e. The summed E-state index contributed by atoms with van der Waals surface area (Å²) < 4.78 is 0. The molecule has 0 radical (unpaired) electrons.